The summed E-state index contributed by atoms with van der Waals surface area (Å²) < 4.78 is 57.9. The van der Waals surface area contributed by atoms with Crippen molar-refractivity contribution in [2.24, 2.45) is 0 Å². The Morgan fingerprint density at radius 1 is 0.897 bits per heavy atom. The Bertz CT molecular complexity index is 1310. The highest BCUT2D eigenvalue weighted by molar-refractivity contribution is 7.97. The van der Waals surface area contributed by atoms with E-state index in [9.17, 15) is 16.8 Å². The van der Waals surface area contributed by atoms with E-state index in [4.69, 9.17) is 4.18 Å². The summed E-state index contributed by atoms with van der Waals surface area (Å²) in [6, 6.07) is 19.5. The molecule has 1 heterocycles. The lowest BCUT2D eigenvalue weighted by molar-refractivity contribution is 0.496. The van der Waals surface area contributed by atoms with Gasteiger partial charge in [0.25, 0.3) is 10.0 Å². The average Bonchev–Trinajstić information content (AvgIpc) is 2.68. The van der Waals surface area contributed by atoms with E-state index in [1.807, 2.05) is 6.92 Å². The molecule has 148 valence electrons. The highest BCUT2D eigenvalue weighted by Gasteiger charge is 2.28. The third-order valence-electron chi connectivity index (χ3n) is 4.41. The summed E-state index contributed by atoms with van der Waals surface area (Å²) in [5.74, 6) is 0.142. The van der Waals surface area contributed by atoms with Gasteiger partial charge in [-0.05, 0) is 48.9 Å². The molecule has 29 heavy (non-hydrogen) atoms. The highest BCUT2D eigenvalue weighted by atomic mass is 32.2. The van der Waals surface area contributed by atoms with E-state index in [0.29, 0.717) is 16.8 Å². The van der Waals surface area contributed by atoms with Gasteiger partial charge in [0.1, 0.15) is 10.7 Å². The molecule has 0 atom stereocenters. The van der Waals surface area contributed by atoms with Gasteiger partial charge in [-0.1, -0.05) is 48.0 Å². The smallest absolute Gasteiger partial charge is 0.339 e. The van der Waals surface area contributed by atoms with Gasteiger partial charge >= 0.3 is 10.1 Å². The molecule has 0 spiro atoms. The van der Waals surface area contributed by atoms with E-state index in [1.54, 1.807) is 48.5 Å². The number of sulfonamides is 1. The topological polar surface area (TPSA) is 89.5 Å². The fourth-order valence-corrected chi connectivity index (χ4v) is 5.16. The summed E-state index contributed by atoms with van der Waals surface area (Å²) in [6.07, 6.45) is 1.48. The number of benzene rings is 3. The van der Waals surface area contributed by atoms with E-state index in [0.717, 1.165) is 5.56 Å². The fourth-order valence-electron chi connectivity index (χ4n) is 2.94. The molecule has 0 saturated carbocycles. The Morgan fingerprint density at radius 2 is 1.59 bits per heavy atom. The van der Waals surface area contributed by atoms with E-state index in [2.05, 4.69) is 4.72 Å². The summed E-state index contributed by atoms with van der Waals surface area (Å²) in [5.41, 5.74) is 2.21. The zero-order valence-corrected chi connectivity index (χ0v) is 17.0. The van der Waals surface area contributed by atoms with E-state index >= 15 is 0 Å². The lowest BCUT2D eigenvalue weighted by Gasteiger charge is -2.19. The number of hydrogen-bond donors (Lipinski definition) is 1. The lowest BCUT2D eigenvalue weighted by atomic mass is 10.1. The van der Waals surface area contributed by atoms with Gasteiger partial charge in [0.05, 0.1) is 4.90 Å². The van der Waals surface area contributed by atoms with Crippen LogP contribution in [0.2, 0.25) is 0 Å². The molecule has 3 aromatic rings. The molecule has 1 N–H and O–H groups in total. The molecule has 8 heteroatoms. The third-order valence-corrected chi connectivity index (χ3v) is 7.10. The van der Waals surface area contributed by atoms with Crippen molar-refractivity contribution >= 4 is 36.8 Å². The van der Waals surface area contributed by atoms with Gasteiger partial charge in [-0.2, -0.15) is 8.42 Å². The van der Waals surface area contributed by atoms with Gasteiger partial charge in [0.2, 0.25) is 0 Å². The van der Waals surface area contributed by atoms with Crippen molar-refractivity contribution in [2.45, 2.75) is 11.8 Å². The molecule has 4 rings (SSSR count). The monoisotopic (exact) mass is 427 g/mol. The van der Waals surface area contributed by atoms with Crippen LogP contribution in [-0.2, 0) is 20.1 Å². The molecule has 1 aliphatic rings. The van der Waals surface area contributed by atoms with Crippen molar-refractivity contribution in [1.29, 1.82) is 0 Å². The molecule has 0 aliphatic carbocycles. The molecular weight excluding hydrogens is 410 g/mol. The van der Waals surface area contributed by atoms with Crippen molar-refractivity contribution in [3.05, 3.63) is 89.5 Å². The summed E-state index contributed by atoms with van der Waals surface area (Å²) in [6.45, 7) is 1.87. The average molecular weight is 428 g/mol. The Morgan fingerprint density at radius 3 is 2.28 bits per heavy atom. The van der Waals surface area contributed by atoms with Gasteiger partial charge in [-0.25, -0.2) is 8.42 Å². The van der Waals surface area contributed by atoms with Crippen LogP contribution in [0.4, 0.5) is 5.69 Å². The number of hydrogen-bond acceptors (Lipinski definition) is 5. The third kappa shape index (κ3) is 3.90. The van der Waals surface area contributed by atoms with E-state index in [1.165, 1.54) is 30.3 Å². The first-order valence-corrected chi connectivity index (χ1v) is 11.6. The number of anilines is 1. The Labute approximate surface area is 169 Å². The number of nitrogens with one attached hydrogen (secondary N) is 1. The molecule has 1 aliphatic heterocycles. The predicted molar refractivity (Wildman–Crippen MR) is 112 cm³/mol. The summed E-state index contributed by atoms with van der Waals surface area (Å²) >= 11 is 0. The van der Waals surface area contributed by atoms with Crippen LogP contribution in [0, 0.1) is 6.92 Å². The van der Waals surface area contributed by atoms with Crippen molar-refractivity contribution in [3.8, 4) is 5.75 Å². The van der Waals surface area contributed by atoms with Crippen LogP contribution in [0.3, 0.4) is 0 Å². The van der Waals surface area contributed by atoms with Gasteiger partial charge in [-0.3, -0.25) is 4.72 Å². The van der Waals surface area contributed by atoms with E-state index in [-0.39, 0.29) is 15.6 Å². The second kappa shape index (κ2) is 7.06. The summed E-state index contributed by atoms with van der Waals surface area (Å²) in [7, 11) is -7.74. The predicted octanol–water partition coefficient (Wildman–Crippen LogP) is 4.02. The quantitative estimate of drug-likeness (QED) is 0.636. The van der Waals surface area contributed by atoms with Crippen LogP contribution in [0.25, 0.3) is 11.0 Å². The number of rotatable bonds is 4. The van der Waals surface area contributed by atoms with E-state index < -0.39 is 20.1 Å². The minimum absolute atomic E-state index is 0.0177. The lowest BCUT2D eigenvalue weighted by Crippen LogP contribution is -2.16. The van der Waals surface area contributed by atoms with Crippen LogP contribution >= 0.6 is 0 Å². The zero-order valence-electron chi connectivity index (χ0n) is 15.4. The Hall–Kier alpha value is -3.10. The SMILES string of the molecule is Cc1ccc(S(=O)(=O)Nc2ccc3c(c2)C=C(c2ccccc2)S(=O)(=O)O3)cc1. The Balaban J connectivity index is 1.72. The summed E-state index contributed by atoms with van der Waals surface area (Å²) in [5, 5.41) is 0. The molecule has 0 aromatic heterocycles. The maximum Gasteiger partial charge on any atom is 0.339 e. The maximum absolute atomic E-state index is 12.6. The first kappa shape index (κ1) is 19.2. The zero-order chi connectivity index (χ0) is 20.6. The minimum Gasteiger partial charge on any atom is -0.378 e. The van der Waals surface area contributed by atoms with Gasteiger partial charge in [-0.15, -0.1) is 0 Å². The summed E-state index contributed by atoms with van der Waals surface area (Å²) in [4.78, 5) is 0.157. The van der Waals surface area contributed by atoms with Crippen molar-refractivity contribution in [3.63, 3.8) is 0 Å². The molecule has 0 radical (unpaired) electrons. The molecule has 0 saturated heterocycles. The second-order valence-electron chi connectivity index (χ2n) is 6.58. The van der Waals surface area contributed by atoms with Gasteiger partial charge in [0.15, 0.2) is 0 Å². The van der Waals surface area contributed by atoms with Gasteiger partial charge in [0, 0.05) is 11.3 Å². The second-order valence-corrected chi connectivity index (χ2v) is 9.78. The van der Waals surface area contributed by atoms with Crippen LogP contribution in [0.5, 0.6) is 5.75 Å². The molecule has 0 bridgehead atoms. The normalized spacial score (nSPS) is 15.0. The van der Waals surface area contributed by atoms with Crippen LogP contribution < -0.4 is 8.91 Å². The van der Waals surface area contributed by atoms with Crippen LogP contribution in [0.1, 0.15) is 16.7 Å². The first-order valence-electron chi connectivity index (χ1n) is 8.70. The van der Waals surface area contributed by atoms with Gasteiger partial charge < -0.3 is 4.18 Å². The Kier molecular flexibility index (Phi) is 4.68. The van der Waals surface area contributed by atoms with Crippen molar-refractivity contribution in [2.75, 3.05) is 4.72 Å². The molecular formula is C21H17NO5S2. The standard InChI is InChI=1S/C21H17NO5S2/c1-15-7-10-19(11-8-15)28(23,24)22-18-9-12-20-17(13-18)14-21(29(25,26)27-20)16-5-3-2-4-6-16/h2-14,22H,1H3. The van der Waals surface area contributed by atoms with Crippen LogP contribution in [-0.4, -0.2) is 16.8 Å². The molecule has 0 amide bonds. The first-order chi connectivity index (χ1) is 13.7. The molecule has 0 fully saturated rings. The number of aryl methyl sites for hydroxylation is 1. The largest absolute Gasteiger partial charge is 0.378 e. The maximum atomic E-state index is 12.6. The molecule has 3 aromatic carbocycles. The van der Waals surface area contributed by atoms with Crippen molar-refractivity contribution < 1.29 is 21.0 Å². The van der Waals surface area contributed by atoms with Crippen LogP contribution in [0.15, 0.2) is 77.7 Å². The number of fused-ring (bicyclic) bond motifs is 1. The molecule has 6 nitrogen and oxygen atoms in total. The highest BCUT2D eigenvalue weighted by Crippen LogP contribution is 2.37. The fraction of sp³-hybridized carbons (Fsp3) is 0.0476. The molecule has 0 unspecified atom stereocenters. The van der Waals surface area contributed by atoms with Crippen molar-refractivity contribution in [1.82, 2.24) is 0 Å². The minimum atomic E-state index is -3.96.